The lowest BCUT2D eigenvalue weighted by molar-refractivity contribution is -0.144. The number of esters is 1. The molecule has 1 fully saturated rings. The van der Waals surface area contributed by atoms with Crippen molar-refractivity contribution in [1.29, 1.82) is 0 Å². The van der Waals surface area contributed by atoms with Gasteiger partial charge in [0.05, 0.1) is 12.2 Å². The van der Waals surface area contributed by atoms with E-state index < -0.39 is 0 Å². The van der Waals surface area contributed by atoms with Crippen molar-refractivity contribution in [2.24, 2.45) is 5.73 Å². The molecule has 0 radical (unpaired) electrons. The molecule has 2 N–H and O–H groups in total. The molecule has 108 valence electrons. The van der Waals surface area contributed by atoms with Gasteiger partial charge in [-0.2, -0.15) is 0 Å². The van der Waals surface area contributed by atoms with Crippen molar-refractivity contribution in [3.63, 3.8) is 0 Å². The molecule has 1 aliphatic heterocycles. The lowest BCUT2D eigenvalue weighted by Gasteiger charge is -2.26. The second kappa shape index (κ2) is 6.17. The number of anilines is 1. The Balaban J connectivity index is 2.36. The van der Waals surface area contributed by atoms with E-state index in [-0.39, 0.29) is 12.0 Å². The summed E-state index contributed by atoms with van der Waals surface area (Å²) in [5.41, 5.74) is 7.34. The van der Waals surface area contributed by atoms with Crippen LogP contribution < -0.4 is 10.6 Å². The summed E-state index contributed by atoms with van der Waals surface area (Å²) in [4.78, 5) is 18.8. The Hall–Kier alpha value is -1.69. The zero-order chi connectivity index (χ0) is 14.7. The van der Waals surface area contributed by atoms with E-state index in [1.165, 1.54) is 0 Å². The van der Waals surface area contributed by atoms with Gasteiger partial charge in [-0.25, -0.2) is 9.78 Å². The molecule has 2 heterocycles. The number of hydrogen-bond donors (Lipinski definition) is 1. The van der Waals surface area contributed by atoms with Crippen molar-refractivity contribution in [3.8, 4) is 0 Å². The fourth-order valence-electron chi connectivity index (χ4n) is 2.46. The van der Waals surface area contributed by atoms with E-state index in [9.17, 15) is 4.79 Å². The molecule has 2 rings (SSSR count). The smallest absolute Gasteiger partial charge is 0.328 e. The van der Waals surface area contributed by atoms with Crippen LogP contribution in [0.4, 0.5) is 5.82 Å². The lowest BCUT2D eigenvalue weighted by Crippen LogP contribution is -2.39. The Morgan fingerprint density at radius 1 is 1.60 bits per heavy atom. The number of pyridine rings is 1. The number of aromatic nitrogens is 1. The molecule has 1 unspecified atom stereocenters. The fraction of sp³-hybridized carbons (Fsp3) is 0.500. The highest BCUT2D eigenvalue weighted by atomic mass is 32.1. The van der Waals surface area contributed by atoms with Crippen molar-refractivity contribution >= 4 is 29.0 Å². The van der Waals surface area contributed by atoms with Crippen LogP contribution in [0.15, 0.2) is 12.1 Å². The van der Waals surface area contributed by atoms with Crippen LogP contribution in [-0.2, 0) is 9.53 Å². The van der Waals surface area contributed by atoms with Gasteiger partial charge in [-0.05, 0) is 38.8 Å². The predicted molar refractivity (Wildman–Crippen MR) is 81.9 cm³/mol. The molecule has 1 aliphatic rings. The van der Waals surface area contributed by atoms with Gasteiger partial charge in [0.2, 0.25) is 0 Å². The first-order valence-corrected chi connectivity index (χ1v) is 7.16. The maximum Gasteiger partial charge on any atom is 0.328 e. The topological polar surface area (TPSA) is 68.5 Å². The highest BCUT2D eigenvalue weighted by molar-refractivity contribution is 7.80. The number of carbonyl (C=O) groups is 1. The number of thiocarbonyl (C=S) groups is 1. The minimum Gasteiger partial charge on any atom is -0.464 e. The molecule has 0 amide bonds. The van der Waals surface area contributed by atoms with Gasteiger partial charge in [0.25, 0.3) is 0 Å². The Morgan fingerprint density at radius 2 is 2.35 bits per heavy atom. The third kappa shape index (κ3) is 2.90. The summed E-state index contributed by atoms with van der Waals surface area (Å²) in [5, 5.41) is 0. The molecule has 0 aliphatic carbocycles. The molecule has 1 saturated heterocycles. The van der Waals surface area contributed by atoms with Crippen LogP contribution in [0, 0.1) is 6.92 Å². The third-order valence-corrected chi connectivity index (χ3v) is 3.58. The SMILES string of the molecule is CCOC(=O)C1CCCN1c1nc(C)ccc1C(N)=S. The molecular weight excluding hydrogens is 274 g/mol. The van der Waals surface area contributed by atoms with Gasteiger partial charge < -0.3 is 15.4 Å². The first-order chi connectivity index (χ1) is 9.54. The van der Waals surface area contributed by atoms with Gasteiger partial charge in [0, 0.05) is 12.2 Å². The number of aryl methyl sites for hydroxylation is 1. The summed E-state index contributed by atoms with van der Waals surface area (Å²) in [6.07, 6.45) is 1.70. The molecule has 0 aromatic carbocycles. The van der Waals surface area contributed by atoms with Gasteiger partial charge in [-0.1, -0.05) is 12.2 Å². The summed E-state index contributed by atoms with van der Waals surface area (Å²) in [7, 11) is 0. The zero-order valence-corrected chi connectivity index (χ0v) is 12.6. The van der Waals surface area contributed by atoms with Gasteiger partial charge in [0.1, 0.15) is 16.8 Å². The van der Waals surface area contributed by atoms with E-state index in [0.29, 0.717) is 23.0 Å². The average molecular weight is 293 g/mol. The quantitative estimate of drug-likeness (QED) is 0.671. The van der Waals surface area contributed by atoms with Crippen LogP contribution in [-0.4, -0.2) is 35.1 Å². The van der Waals surface area contributed by atoms with Crippen LogP contribution >= 0.6 is 12.2 Å². The number of ether oxygens (including phenoxy) is 1. The van der Waals surface area contributed by atoms with E-state index in [1.54, 1.807) is 0 Å². The van der Waals surface area contributed by atoms with E-state index in [1.807, 2.05) is 30.9 Å². The molecular formula is C14H19N3O2S. The molecule has 6 heteroatoms. The van der Waals surface area contributed by atoms with Crippen LogP contribution in [0.3, 0.4) is 0 Å². The van der Waals surface area contributed by atoms with Gasteiger partial charge in [-0.15, -0.1) is 0 Å². The van der Waals surface area contributed by atoms with Gasteiger partial charge in [-0.3, -0.25) is 0 Å². The van der Waals surface area contributed by atoms with E-state index in [4.69, 9.17) is 22.7 Å². The van der Waals surface area contributed by atoms with E-state index >= 15 is 0 Å². The summed E-state index contributed by atoms with van der Waals surface area (Å²) in [6.45, 7) is 4.85. The number of nitrogens with two attached hydrogens (primary N) is 1. The summed E-state index contributed by atoms with van der Waals surface area (Å²) in [6, 6.07) is 3.44. The zero-order valence-electron chi connectivity index (χ0n) is 11.8. The first-order valence-electron chi connectivity index (χ1n) is 6.75. The largest absolute Gasteiger partial charge is 0.464 e. The number of carbonyl (C=O) groups excluding carboxylic acids is 1. The molecule has 1 aromatic rings. The van der Waals surface area contributed by atoms with Crippen molar-refractivity contribution in [1.82, 2.24) is 4.98 Å². The van der Waals surface area contributed by atoms with Crippen molar-refractivity contribution in [2.75, 3.05) is 18.1 Å². The lowest BCUT2D eigenvalue weighted by atomic mass is 10.2. The summed E-state index contributed by atoms with van der Waals surface area (Å²) >= 11 is 5.08. The van der Waals surface area contributed by atoms with Crippen molar-refractivity contribution < 1.29 is 9.53 Å². The molecule has 0 bridgehead atoms. The van der Waals surface area contributed by atoms with Gasteiger partial charge >= 0.3 is 5.97 Å². The predicted octanol–water partition coefficient (Wildman–Crippen LogP) is 1.56. The highest BCUT2D eigenvalue weighted by Crippen LogP contribution is 2.28. The van der Waals surface area contributed by atoms with Crippen LogP contribution in [0.25, 0.3) is 0 Å². The van der Waals surface area contributed by atoms with Gasteiger partial charge in [0.15, 0.2) is 0 Å². The maximum absolute atomic E-state index is 12.0. The minimum atomic E-state index is -0.294. The number of hydrogen-bond acceptors (Lipinski definition) is 5. The third-order valence-electron chi connectivity index (χ3n) is 3.36. The summed E-state index contributed by atoms with van der Waals surface area (Å²) < 4.78 is 5.14. The molecule has 1 aromatic heterocycles. The Kier molecular flexibility index (Phi) is 4.54. The molecule has 0 saturated carbocycles. The molecule has 1 atom stereocenters. The highest BCUT2D eigenvalue weighted by Gasteiger charge is 2.34. The molecule has 5 nitrogen and oxygen atoms in total. The molecule has 0 spiro atoms. The Labute approximate surface area is 124 Å². The van der Waals surface area contributed by atoms with Crippen LogP contribution in [0.1, 0.15) is 31.0 Å². The Bertz CT molecular complexity index is 533. The fourth-order valence-corrected chi connectivity index (χ4v) is 2.62. The average Bonchev–Trinajstić information content (AvgIpc) is 2.87. The van der Waals surface area contributed by atoms with E-state index in [0.717, 1.165) is 25.1 Å². The van der Waals surface area contributed by atoms with Crippen LogP contribution in [0.2, 0.25) is 0 Å². The normalized spacial score (nSPS) is 18.1. The van der Waals surface area contributed by atoms with E-state index in [2.05, 4.69) is 4.98 Å². The van der Waals surface area contributed by atoms with Crippen molar-refractivity contribution in [3.05, 3.63) is 23.4 Å². The number of nitrogens with zero attached hydrogens (tertiary/aromatic N) is 2. The number of rotatable bonds is 4. The standard InChI is InChI=1S/C14H19N3O2S/c1-3-19-14(18)11-5-4-8-17(11)13-10(12(15)20)7-6-9(2)16-13/h6-7,11H,3-5,8H2,1-2H3,(H2,15,20). The Morgan fingerprint density at radius 3 is 3.00 bits per heavy atom. The molecule has 20 heavy (non-hydrogen) atoms. The minimum absolute atomic E-state index is 0.206. The maximum atomic E-state index is 12.0. The second-order valence-corrected chi connectivity index (χ2v) is 5.23. The monoisotopic (exact) mass is 293 g/mol. The second-order valence-electron chi connectivity index (χ2n) is 4.79. The van der Waals surface area contributed by atoms with Crippen LogP contribution in [0.5, 0.6) is 0 Å². The first kappa shape index (κ1) is 14.7. The summed E-state index contributed by atoms with van der Waals surface area (Å²) in [5.74, 6) is 0.482. The van der Waals surface area contributed by atoms with Crippen molar-refractivity contribution in [2.45, 2.75) is 32.7 Å².